The molecule has 0 aliphatic rings. The van der Waals surface area contributed by atoms with Crippen molar-refractivity contribution < 1.29 is 17.9 Å². The summed E-state index contributed by atoms with van der Waals surface area (Å²) in [5, 5.41) is 8.92. The molecule has 0 heterocycles. The molecule has 2 N–H and O–H groups in total. The monoisotopic (exact) mass is 361 g/mol. The van der Waals surface area contributed by atoms with Crippen molar-refractivity contribution in [2.75, 3.05) is 4.72 Å². The number of anilines is 1. The molecule has 9 heteroatoms. The fourth-order valence-electron chi connectivity index (χ4n) is 1.22. The van der Waals surface area contributed by atoms with Gasteiger partial charge in [-0.2, -0.15) is 13.7 Å². The summed E-state index contributed by atoms with van der Waals surface area (Å²) in [6.45, 7) is 3.17. The Hall–Kier alpha value is -1.79. The average molecular weight is 362 g/mol. The topological polar surface area (TPSA) is 108 Å². The summed E-state index contributed by atoms with van der Waals surface area (Å²) in [5.41, 5.74) is 0.169. The average Bonchev–Trinajstić information content (AvgIpc) is 2.29. The Morgan fingerprint density at radius 2 is 2.10 bits per heavy atom. The van der Waals surface area contributed by atoms with Crippen molar-refractivity contribution in [3.63, 3.8) is 0 Å². The number of carbonyl (C=O) groups is 1. The van der Waals surface area contributed by atoms with Crippen molar-refractivity contribution in [1.82, 2.24) is 4.72 Å². The molecule has 0 aliphatic heterocycles. The number of hydrogen-bond acceptors (Lipinski definition) is 5. The smallest absolute Gasteiger partial charge is 0.422 e. The van der Waals surface area contributed by atoms with Crippen LogP contribution in [0.25, 0.3) is 0 Å². The number of nitriles is 1. The fraction of sp³-hybridized carbons (Fsp3) is 0.273. The van der Waals surface area contributed by atoms with Crippen LogP contribution in [0.2, 0.25) is 0 Å². The van der Waals surface area contributed by atoms with Gasteiger partial charge in [0.25, 0.3) is 0 Å². The van der Waals surface area contributed by atoms with Crippen LogP contribution in [0.1, 0.15) is 19.4 Å². The first-order chi connectivity index (χ1) is 9.23. The number of carbonyl (C=O) groups excluding carboxylic acids is 1. The molecular weight excluding hydrogens is 350 g/mol. The number of amides is 1. The van der Waals surface area contributed by atoms with Gasteiger partial charge in [0.1, 0.15) is 6.07 Å². The molecule has 1 aromatic rings. The molecule has 0 bridgehead atoms. The highest BCUT2D eigenvalue weighted by Crippen LogP contribution is 2.20. The molecule has 0 aromatic heterocycles. The maximum Gasteiger partial charge on any atom is 0.422 e. The first-order valence-electron chi connectivity index (χ1n) is 5.44. The third kappa shape index (κ3) is 5.07. The molecule has 0 saturated carbocycles. The maximum atomic E-state index is 11.7. The molecule has 0 atom stereocenters. The highest BCUT2D eigenvalue weighted by Gasteiger charge is 2.17. The van der Waals surface area contributed by atoms with E-state index in [9.17, 15) is 13.2 Å². The van der Waals surface area contributed by atoms with E-state index in [0.29, 0.717) is 4.47 Å². The Labute approximate surface area is 125 Å². The highest BCUT2D eigenvalue weighted by atomic mass is 79.9. The molecule has 20 heavy (non-hydrogen) atoms. The van der Waals surface area contributed by atoms with Crippen LogP contribution in [0.4, 0.5) is 10.5 Å². The Balaban J connectivity index is 2.87. The predicted octanol–water partition coefficient (Wildman–Crippen LogP) is 2.11. The quantitative estimate of drug-likeness (QED) is 0.853. The van der Waals surface area contributed by atoms with Crippen LogP contribution in [0.5, 0.6) is 0 Å². The molecule has 0 radical (unpaired) electrons. The van der Waals surface area contributed by atoms with Gasteiger partial charge in [0.2, 0.25) is 0 Å². The molecule has 108 valence electrons. The molecule has 1 aromatic carbocycles. The lowest BCUT2D eigenvalue weighted by molar-refractivity contribution is 0.121. The SMILES string of the molecule is CC(C)OC(=O)NS(=O)(=O)Nc1ccc(Br)cc1C#N. The van der Waals surface area contributed by atoms with Crippen molar-refractivity contribution in [3.05, 3.63) is 28.2 Å². The molecule has 7 nitrogen and oxygen atoms in total. The summed E-state index contributed by atoms with van der Waals surface area (Å²) in [7, 11) is -4.17. The van der Waals surface area contributed by atoms with Gasteiger partial charge in [0, 0.05) is 4.47 Å². The van der Waals surface area contributed by atoms with E-state index in [4.69, 9.17) is 5.26 Å². The molecule has 0 saturated heterocycles. The second-order valence-corrected chi connectivity index (χ2v) is 6.29. The van der Waals surface area contributed by atoms with Gasteiger partial charge < -0.3 is 4.74 Å². The fourth-order valence-corrected chi connectivity index (χ4v) is 2.36. The number of nitrogens with zero attached hydrogens (tertiary/aromatic N) is 1. The van der Waals surface area contributed by atoms with Gasteiger partial charge in [-0.1, -0.05) is 15.9 Å². The second kappa shape index (κ2) is 6.58. The zero-order valence-electron chi connectivity index (χ0n) is 10.7. The predicted molar refractivity (Wildman–Crippen MR) is 76.2 cm³/mol. The van der Waals surface area contributed by atoms with Gasteiger partial charge in [0.15, 0.2) is 0 Å². The highest BCUT2D eigenvalue weighted by molar-refractivity contribution is 9.10. The van der Waals surface area contributed by atoms with E-state index in [1.807, 2.05) is 6.07 Å². The number of ether oxygens (including phenoxy) is 1. The third-order valence-corrected chi connectivity index (χ3v) is 3.32. The zero-order chi connectivity index (χ0) is 15.3. The van der Waals surface area contributed by atoms with E-state index in [2.05, 4.69) is 25.4 Å². The molecule has 1 rings (SSSR count). The summed E-state index contributed by atoms with van der Waals surface area (Å²) >= 11 is 3.17. The first-order valence-corrected chi connectivity index (χ1v) is 7.72. The maximum absolute atomic E-state index is 11.7. The van der Waals surface area contributed by atoms with Gasteiger partial charge in [-0.15, -0.1) is 0 Å². The zero-order valence-corrected chi connectivity index (χ0v) is 13.1. The number of rotatable bonds is 4. The van der Waals surface area contributed by atoms with Crippen molar-refractivity contribution in [3.8, 4) is 6.07 Å². The van der Waals surface area contributed by atoms with Gasteiger partial charge in [-0.3, -0.25) is 4.72 Å². The lowest BCUT2D eigenvalue weighted by Gasteiger charge is -2.12. The van der Waals surface area contributed by atoms with E-state index >= 15 is 0 Å². The molecule has 0 spiro atoms. The van der Waals surface area contributed by atoms with E-state index in [1.165, 1.54) is 12.1 Å². The Kier molecular flexibility index (Phi) is 5.35. The van der Waals surface area contributed by atoms with Crippen LogP contribution in [0.3, 0.4) is 0 Å². The number of nitrogens with one attached hydrogen (secondary N) is 2. The van der Waals surface area contributed by atoms with Crippen LogP contribution in [0.15, 0.2) is 22.7 Å². The standard InChI is InChI=1S/C11H12BrN3O4S/c1-7(2)19-11(16)15-20(17,18)14-10-4-3-9(12)5-8(10)6-13/h3-5,7,14H,1-2H3,(H,15,16). The summed E-state index contributed by atoms with van der Waals surface area (Å²) in [5.74, 6) is 0. The molecule has 1 amide bonds. The van der Waals surface area contributed by atoms with Crippen LogP contribution in [0, 0.1) is 11.3 Å². The van der Waals surface area contributed by atoms with Gasteiger partial charge in [-0.05, 0) is 32.0 Å². The largest absolute Gasteiger partial charge is 0.446 e. The second-order valence-electron chi connectivity index (χ2n) is 3.96. The third-order valence-electron chi connectivity index (χ3n) is 1.91. The minimum absolute atomic E-state index is 0.0561. The Bertz CT molecular complexity index is 652. The van der Waals surface area contributed by atoms with Crippen molar-refractivity contribution >= 4 is 37.9 Å². The van der Waals surface area contributed by atoms with Crippen molar-refractivity contribution in [2.24, 2.45) is 0 Å². The lowest BCUT2D eigenvalue weighted by Crippen LogP contribution is -2.37. The van der Waals surface area contributed by atoms with Crippen LogP contribution in [-0.4, -0.2) is 20.6 Å². The summed E-state index contributed by atoms with van der Waals surface area (Å²) in [6.07, 6.45) is -1.55. The Morgan fingerprint density at radius 3 is 2.65 bits per heavy atom. The number of halogens is 1. The first kappa shape index (κ1) is 16.3. The van der Waals surface area contributed by atoms with Gasteiger partial charge in [-0.25, -0.2) is 9.52 Å². The van der Waals surface area contributed by atoms with Gasteiger partial charge in [0.05, 0.1) is 17.4 Å². The number of benzene rings is 1. The molecule has 0 unspecified atom stereocenters. The van der Waals surface area contributed by atoms with Crippen LogP contribution < -0.4 is 9.44 Å². The van der Waals surface area contributed by atoms with Crippen LogP contribution in [-0.2, 0) is 14.9 Å². The summed E-state index contributed by atoms with van der Waals surface area (Å²) in [4.78, 5) is 11.2. The summed E-state index contributed by atoms with van der Waals surface area (Å²) < 4.78 is 32.5. The van der Waals surface area contributed by atoms with Crippen LogP contribution >= 0.6 is 15.9 Å². The molecule has 0 fully saturated rings. The summed E-state index contributed by atoms with van der Waals surface area (Å²) in [6, 6.07) is 6.25. The van der Waals surface area contributed by atoms with E-state index in [1.54, 1.807) is 24.6 Å². The van der Waals surface area contributed by atoms with Crippen molar-refractivity contribution in [2.45, 2.75) is 20.0 Å². The van der Waals surface area contributed by atoms with Gasteiger partial charge >= 0.3 is 16.3 Å². The van der Waals surface area contributed by atoms with Crippen molar-refractivity contribution in [1.29, 1.82) is 5.26 Å². The number of hydrogen-bond donors (Lipinski definition) is 2. The molecule has 0 aliphatic carbocycles. The van der Waals surface area contributed by atoms with E-state index in [0.717, 1.165) is 0 Å². The minimum atomic E-state index is -4.17. The molecular formula is C11H12BrN3O4S. The lowest BCUT2D eigenvalue weighted by atomic mass is 10.2. The minimum Gasteiger partial charge on any atom is -0.446 e. The normalized spacial score (nSPS) is 10.8. The Morgan fingerprint density at radius 1 is 1.45 bits per heavy atom. The van der Waals surface area contributed by atoms with E-state index in [-0.39, 0.29) is 11.3 Å². The van der Waals surface area contributed by atoms with E-state index < -0.39 is 22.4 Å².